The van der Waals surface area contributed by atoms with E-state index in [-0.39, 0.29) is 36.4 Å². The molecule has 2 aliphatic rings. The van der Waals surface area contributed by atoms with Gasteiger partial charge in [-0.1, -0.05) is 29.8 Å². The van der Waals surface area contributed by atoms with E-state index in [0.717, 1.165) is 61.5 Å². The van der Waals surface area contributed by atoms with Gasteiger partial charge in [0.05, 0.1) is 23.0 Å². The zero-order valence-corrected chi connectivity index (χ0v) is 19.3. The molecule has 9 heteroatoms. The number of amides is 1. The first kappa shape index (κ1) is 22.8. The van der Waals surface area contributed by atoms with Crippen LogP contribution in [0.3, 0.4) is 0 Å². The third-order valence-electron chi connectivity index (χ3n) is 6.32. The Hall–Kier alpha value is -2.35. The van der Waals surface area contributed by atoms with E-state index in [0.29, 0.717) is 16.7 Å². The lowest BCUT2D eigenvalue weighted by Crippen LogP contribution is -2.48. The van der Waals surface area contributed by atoms with Gasteiger partial charge < -0.3 is 20.9 Å². The molecule has 0 unspecified atom stereocenters. The zero-order chi connectivity index (χ0) is 21.2. The number of aromatic nitrogens is 3. The Kier molecular flexibility index (Phi) is 7.18. The smallest absolute Gasteiger partial charge is 0.237 e. The molecule has 3 aromatic rings. The molecule has 1 aliphatic heterocycles. The van der Waals surface area contributed by atoms with Crippen molar-refractivity contribution in [1.82, 2.24) is 25.6 Å². The molecule has 170 valence electrons. The Balaban J connectivity index is 0.00000245. The summed E-state index contributed by atoms with van der Waals surface area (Å²) in [5, 5.41) is 11.6. The number of H-pyrrole nitrogens is 1. The Morgan fingerprint density at radius 2 is 1.97 bits per heavy atom. The van der Waals surface area contributed by atoms with Crippen LogP contribution in [-0.4, -0.2) is 45.5 Å². The number of para-hydroxylation sites is 1. The molecule has 0 spiro atoms. The summed E-state index contributed by atoms with van der Waals surface area (Å²) in [4.78, 5) is 24.9. The average molecular weight is 475 g/mol. The zero-order valence-electron chi connectivity index (χ0n) is 17.7. The second kappa shape index (κ2) is 10.1. The van der Waals surface area contributed by atoms with E-state index in [4.69, 9.17) is 16.6 Å². The van der Waals surface area contributed by atoms with Crippen LogP contribution in [0.25, 0.3) is 22.2 Å². The van der Waals surface area contributed by atoms with Gasteiger partial charge in [0.2, 0.25) is 11.9 Å². The molecule has 0 radical (unpaired) electrons. The quantitative estimate of drug-likeness (QED) is 0.442. The van der Waals surface area contributed by atoms with Crippen molar-refractivity contribution in [3.05, 3.63) is 41.7 Å². The van der Waals surface area contributed by atoms with E-state index < -0.39 is 0 Å². The van der Waals surface area contributed by atoms with Crippen LogP contribution >= 0.6 is 24.0 Å². The number of nitrogens with one attached hydrogen (secondary N) is 4. The minimum Gasteiger partial charge on any atom is -0.360 e. The number of anilines is 1. The lowest BCUT2D eigenvalue weighted by atomic mass is 9.91. The number of halogens is 2. The highest BCUT2D eigenvalue weighted by molar-refractivity contribution is 6.33. The lowest BCUT2D eigenvalue weighted by Gasteiger charge is -2.31. The maximum atomic E-state index is 12.5. The molecule has 1 aromatic carbocycles. The van der Waals surface area contributed by atoms with Gasteiger partial charge in [-0.2, -0.15) is 0 Å². The molecule has 7 nitrogen and oxygen atoms in total. The molecular formula is C23H28Cl2N6O. The van der Waals surface area contributed by atoms with E-state index in [1.165, 1.54) is 0 Å². The highest BCUT2D eigenvalue weighted by Crippen LogP contribution is 2.32. The molecule has 4 N–H and O–H groups in total. The number of carbonyl (C=O) groups excluding carboxylic acids is 1. The maximum absolute atomic E-state index is 12.5. The van der Waals surface area contributed by atoms with Crippen molar-refractivity contribution in [2.24, 2.45) is 0 Å². The summed E-state index contributed by atoms with van der Waals surface area (Å²) in [5.74, 6) is 0.701. The Labute approximate surface area is 198 Å². The number of nitrogens with zero attached hydrogens (tertiary/aromatic N) is 2. The minimum atomic E-state index is -0.0355. The second-order valence-corrected chi connectivity index (χ2v) is 8.91. The fraction of sp³-hybridized carbons (Fsp3) is 0.435. The number of fused-ring (bicyclic) bond motifs is 1. The Morgan fingerprint density at radius 3 is 2.81 bits per heavy atom. The molecule has 3 atom stereocenters. The SMILES string of the molecule is Cl.O=C(N[C@@H]1CCC[C@@H](Nc2ncc(Cl)c(-c3c[nH]c4ccccc34)n2)C1)[C@@H]1CCCN1. The molecule has 2 fully saturated rings. The fourth-order valence-corrected chi connectivity index (χ4v) is 4.93. The first-order valence-electron chi connectivity index (χ1n) is 11.1. The van der Waals surface area contributed by atoms with Crippen molar-refractivity contribution in [2.45, 2.75) is 56.7 Å². The molecule has 32 heavy (non-hydrogen) atoms. The fourth-order valence-electron chi connectivity index (χ4n) is 4.74. The van der Waals surface area contributed by atoms with Crippen LogP contribution in [0.2, 0.25) is 5.02 Å². The van der Waals surface area contributed by atoms with Gasteiger partial charge in [0.1, 0.15) is 0 Å². The summed E-state index contributed by atoms with van der Waals surface area (Å²) in [5.41, 5.74) is 2.72. The van der Waals surface area contributed by atoms with Crippen molar-refractivity contribution in [2.75, 3.05) is 11.9 Å². The third kappa shape index (κ3) is 4.85. The lowest BCUT2D eigenvalue weighted by molar-refractivity contribution is -0.123. The van der Waals surface area contributed by atoms with E-state index in [1.807, 2.05) is 24.4 Å². The topological polar surface area (TPSA) is 94.7 Å². The monoisotopic (exact) mass is 474 g/mol. The number of aromatic amines is 1. The normalized spacial score (nSPS) is 23.0. The largest absolute Gasteiger partial charge is 0.360 e. The molecule has 1 amide bonds. The predicted molar refractivity (Wildman–Crippen MR) is 130 cm³/mol. The number of hydrogen-bond donors (Lipinski definition) is 4. The van der Waals surface area contributed by atoms with Gasteiger partial charge in [0, 0.05) is 34.7 Å². The van der Waals surface area contributed by atoms with Crippen LogP contribution in [0.1, 0.15) is 38.5 Å². The summed E-state index contributed by atoms with van der Waals surface area (Å²) in [6.07, 6.45) is 9.56. The van der Waals surface area contributed by atoms with Crippen LogP contribution in [0.5, 0.6) is 0 Å². The van der Waals surface area contributed by atoms with Gasteiger partial charge in [-0.25, -0.2) is 9.97 Å². The van der Waals surface area contributed by atoms with Gasteiger partial charge in [-0.15, -0.1) is 12.4 Å². The molecular weight excluding hydrogens is 447 g/mol. The van der Waals surface area contributed by atoms with Crippen molar-refractivity contribution in [1.29, 1.82) is 0 Å². The van der Waals surface area contributed by atoms with Crippen LogP contribution < -0.4 is 16.0 Å². The van der Waals surface area contributed by atoms with Crippen LogP contribution in [-0.2, 0) is 4.79 Å². The molecule has 2 aromatic heterocycles. The minimum absolute atomic E-state index is 0. The third-order valence-corrected chi connectivity index (χ3v) is 6.60. The molecule has 5 rings (SSSR count). The summed E-state index contributed by atoms with van der Waals surface area (Å²) < 4.78 is 0. The standard InChI is InChI=1S/C23H27ClN6O.ClH/c24-18-13-27-23(30-21(18)17-12-26-19-8-2-1-7-16(17)19)29-15-6-3-5-14(11-15)28-22(31)20-9-4-10-25-20;/h1-2,7-8,12-15,20,25-26H,3-6,9-11H2,(H,28,31)(H,27,29,30);1H/t14-,15-,20+;/m1./s1. The van der Waals surface area contributed by atoms with Crippen molar-refractivity contribution in [3.8, 4) is 11.3 Å². The van der Waals surface area contributed by atoms with Gasteiger partial charge in [-0.3, -0.25) is 4.79 Å². The summed E-state index contributed by atoms with van der Waals surface area (Å²) in [6, 6.07) is 8.45. The first-order chi connectivity index (χ1) is 15.2. The predicted octanol–water partition coefficient (Wildman–Crippen LogP) is 4.29. The second-order valence-electron chi connectivity index (χ2n) is 8.50. The van der Waals surface area contributed by atoms with E-state index in [9.17, 15) is 4.79 Å². The van der Waals surface area contributed by atoms with Gasteiger partial charge in [0.25, 0.3) is 0 Å². The maximum Gasteiger partial charge on any atom is 0.237 e. The van der Waals surface area contributed by atoms with Gasteiger partial charge in [0.15, 0.2) is 0 Å². The van der Waals surface area contributed by atoms with Crippen LogP contribution in [0, 0.1) is 0 Å². The number of rotatable bonds is 5. The number of carbonyl (C=O) groups is 1. The average Bonchev–Trinajstić information content (AvgIpc) is 3.46. The molecule has 0 bridgehead atoms. The molecule has 3 heterocycles. The van der Waals surface area contributed by atoms with Gasteiger partial charge in [-0.05, 0) is 51.1 Å². The summed E-state index contributed by atoms with van der Waals surface area (Å²) in [7, 11) is 0. The summed E-state index contributed by atoms with van der Waals surface area (Å²) >= 11 is 6.45. The highest BCUT2D eigenvalue weighted by atomic mass is 35.5. The molecule has 1 saturated carbocycles. The number of hydrogen-bond acceptors (Lipinski definition) is 5. The van der Waals surface area contributed by atoms with E-state index >= 15 is 0 Å². The Morgan fingerprint density at radius 1 is 1.12 bits per heavy atom. The Bertz CT molecular complexity index is 1080. The highest BCUT2D eigenvalue weighted by Gasteiger charge is 2.28. The van der Waals surface area contributed by atoms with Crippen LogP contribution in [0.15, 0.2) is 36.7 Å². The van der Waals surface area contributed by atoms with Gasteiger partial charge >= 0.3 is 0 Å². The number of benzene rings is 1. The van der Waals surface area contributed by atoms with Crippen molar-refractivity contribution in [3.63, 3.8) is 0 Å². The first-order valence-corrected chi connectivity index (χ1v) is 11.4. The van der Waals surface area contributed by atoms with E-state index in [2.05, 4.69) is 32.0 Å². The van der Waals surface area contributed by atoms with Crippen LogP contribution in [0.4, 0.5) is 5.95 Å². The molecule has 1 saturated heterocycles. The van der Waals surface area contributed by atoms with Crippen molar-refractivity contribution >= 4 is 46.8 Å². The molecule has 1 aliphatic carbocycles. The summed E-state index contributed by atoms with van der Waals surface area (Å²) in [6.45, 7) is 0.930. The van der Waals surface area contributed by atoms with Crippen molar-refractivity contribution < 1.29 is 4.79 Å². The van der Waals surface area contributed by atoms with E-state index in [1.54, 1.807) is 6.20 Å².